The average molecular weight is 384 g/mol. The van der Waals surface area contributed by atoms with Crippen molar-refractivity contribution >= 4 is 17.2 Å². The monoisotopic (exact) mass is 384 g/mol. The molecule has 8 nitrogen and oxygen atoms in total. The molecule has 3 aromatic heterocycles. The van der Waals surface area contributed by atoms with Gasteiger partial charge in [0.25, 0.3) is 5.91 Å². The van der Waals surface area contributed by atoms with Gasteiger partial charge in [0, 0.05) is 17.4 Å². The van der Waals surface area contributed by atoms with Crippen LogP contribution in [0.15, 0.2) is 53.3 Å². The number of benzene rings is 1. The van der Waals surface area contributed by atoms with E-state index in [1.165, 1.54) is 0 Å². The van der Waals surface area contributed by atoms with Gasteiger partial charge in [-0.1, -0.05) is 23.4 Å². The van der Waals surface area contributed by atoms with Crippen LogP contribution in [0.3, 0.4) is 0 Å². The van der Waals surface area contributed by atoms with Crippen molar-refractivity contribution in [2.75, 3.05) is 5.32 Å². The Labute approximate surface area is 165 Å². The lowest BCUT2D eigenvalue weighted by Gasteiger charge is -2.09. The van der Waals surface area contributed by atoms with Gasteiger partial charge in [0.1, 0.15) is 11.3 Å². The molecule has 1 amide bonds. The number of carbonyl (C=O) groups excluding carboxylic acids is 1. The molecule has 29 heavy (non-hydrogen) atoms. The second kappa shape index (κ2) is 6.56. The van der Waals surface area contributed by atoms with Gasteiger partial charge < -0.3 is 9.84 Å². The van der Waals surface area contributed by atoms with Gasteiger partial charge in [0.15, 0.2) is 0 Å². The molecule has 142 valence electrons. The Bertz CT molecular complexity index is 1280. The molecule has 5 rings (SSSR count). The molecule has 0 spiro atoms. The Morgan fingerprint density at radius 2 is 2.24 bits per heavy atom. The second-order valence-electron chi connectivity index (χ2n) is 7.09. The molecule has 1 aromatic carbocycles. The molecule has 1 saturated carbocycles. The lowest BCUT2D eigenvalue weighted by molar-refractivity contribution is 0.102. The van der Waals surface area contributed by atoms with Gasteiger partial charge >= 0.3 is 0 Å². The maximum atomic E-state index is 12.8. The zero-order valence-electron chi connectivity index (χ0n) is 15.5. The topological polar surface area (TPSA) is 109 Å². The van der Waals surface area contributed by atoms with Crippen molar-refractivity contribution in [2.45, 2.75) is 19.3 Å². The standard InChI is InChI=1S/C21H16N6O2/c1-12-5-6-13(19-25-21(29-26-19)15-8-14(15)10-22)9-16(12)24-20(28)17-11-23-18-4-2-3-7-27(17)18/h2-7,9,11,14-15H,8H2,1H3,(H,24,28)/t14-,15+/m1/s1. The number of nitrogens with zero attached hydrogens (tertiary/aromatic N) is 5. The van der Waals surface area contributed by atoms with E-state index in [1.807, 2.05) is 43.3 Å². The van der Waals surface area contributed by atoms with E-state index in [2.05, 4.69) is 26.5 Å². The minimum atomic E-state index is -0.257. The normalized spacial score (nSPS) is 17.8. The van der Waals surface area contributed by atoms with Gasteiger partial charge in [-0.25, -0.2) is 4.98 Å². The number of rotatable bonds is 4. The highest BCUT2D eigenvalue weighted by molar-refractivity contribution is 6.04. The maximum absolute atomic E-state index is 12.8. The number of aryl methyl sites for hydroxylation is 1. The molecule has 0 bridgehead atoms. The summed E-state index contributed by atoms with van der Waals surface area (Å²) in [6.07, 6.45) is 4.11. The van der Waals surface area contributed by atoms with E-state index in [0.717, 1.165) is 17.5 Å². The van der Waals surface area contributed by atoms with E-state index in [1.54, 1.807) is 16.8 Å². The Hall–Kier alpha value is -3.99. The third-order valence-electron chi connectivity index (χ3n) is 5.11. The van der Waals surface area contributed by atoms with Gasteiger partial charge in [-0.05, 0) is 37.1 Å². The maximum Gasteiger partial charge on any atom is 0.274 e. The third kappa shape index (κ3) is 3.02. The summed E-state index contributed by atoms with van der Waals surface area (Å²) in [7, 11) is 0. The van der Waals surface area contributed by atoms with E-state index in [0.29, 0.717) is 28.7 Å². The van der Waals surface area contributed by atoms with Crippen molar-refractivity contribution in [3.8, 4) is 17.5 Å². The second-order valence-corrected chi connectivity index (χ2v) is 7.09. The molecule has 0 radical (unpaired) electrons. The smallest absolute Gasteiger partial charge is 0.274 e. The predicted octanol–water partition coefficient (Wildman–Crippen LogP) is 3.57. The average Bonchev–Trinajstić information content (AvgIpc) is 3.15. The number of fused-ring (bicyclic) bond motifs is 1. The van der Waals surface area contributed by atoms with E-state index in [-0.39, 0.29) is 17.7 Å². The number of imidazole rings is 1. The van der Waals surface area contributed by atoms with Crippen LogP contribution in [0.5, 0.6) is 0 Å². The lowest BCUT2D eigenvalue weighted by Crippen LogP contribution is -2.15. The first-order chi connectivity index (χ1) is 14.1. The Morgan fingerprint density at radius 1 is 1.34 bits per heavy atom. The number of hydrogen-bond donors (Lipinski definition) is 1. The third-order valence-corrected chi connectivity index (χ3v) is 5.11. The molecule has 1 N–H and O–H groups in total. The number of amides is 1. The highest BCUT2D eigenvalue weighted by Gasteiger charge is 2.43. The fourth-order valence-electron chi connectivity index (χ4n) is 3.30. The zero-order valence-corrected chi connectivity index (χ0v) is 15.5. The van der Waals surface area contributed by atoms with E-state index >= 15 is 0 Å². The largest absolute Gasteiger partial charge is 0.339 e. The van der Waals surface area contributed by atoms with E-state index in [9.17, 15) is 4.79 Å². The van der Waals surface area contributed by atoms with Crippen LogP contribution >= 0.6 is 0 Å². The van der Waals surface area contributed by atoms with Crippen molar-refractivity contribution in [3.63, 3.8) is 0 Å². The van der Waals surface area contributed by atoms with Gasteiger partial charge in [0.2, 0.25) is 11.7 Å². The quantitative estimate of drug-likeness (QED) is 0.576. The number of aromatic nitrogens is 4. The first-order valence-electron chi connectivity index (χ1n) is 9.22. The van der Waals surface area contributed by atoms with Crippen LogP contribution in [-0.2, 0) is 0 Å². The van der Waals surface area contributed by atoms with Crippen molar-refractivity contribution in [2.24, 2.45) is 5.92 Å². The molecule has 4 aromatic rings. The summed E-state index contributed by atoms with van der Waals surface area (Å²) in [6, 6.07) is 13.4. The number of nitriles is 1. The number of carbonyl (C=O) groups is 1. The van der Waals surface area contributed by atoms with Crippen molar-refractivity contribution in [1.29, 1.82) is 5.26 Å². The molecule has 8 heteroatoms. The molecule has 1 fully saturated rings. The molecule has 1 aliphatic carbocycles. The minimum absolute atomic E-state index is 0.0287. The molecule has 0 unspecified atom stereocenters. The molecule has 0 aliphatic heterocycles. The van der Waals surface area contributed by atoms with Crippen LogP contribution in [0.2, 0.25) is 0 Å². The Morgan fingerprint density at radius 3 is 3.07 bits per heavy atom. The summed E-state index contributed by atoms with van der Waals surface area (Å²) >= 11 is 0. The number of pyridine rings is 1. The first-order valence-corrected chi connectivity index (χ1v) is 9.22. The summed E-state index contributed by atoms with van der Waals surface area (Å²) in [4.78, 5) is 21.5. The van der Waals surface area contributed by atoms with Crippen molar-refractivity contribution < 1.29 is 9.32 Å². The summed E-state index contributed by atoms with van der Waals surface area (Å²) < 4.78 is 7.06. The first kappa shape index (κ1) is 17.1. The van der Waals surface area contributed by atoms with Crippen LogP contribution in [0.4, 0.5) is 5.69 Å². The summed E-state index contributed by atoms with van der Waals surface area (Å²) in [5.74, 6) is 0.660. The molecule has 2 atom stereocenters. The molecular weight excluding hydrogens is 368 g/mol. The van der Waals surface area contributed by atoms with E-state index < -0.39 is 0 Å². The number of anilines is 1. The number of nitrogens with one attached hydrogen (secondary N) is 1. The molecule has 3 heterocycles. The molecular formula is C21H16N6O2. The van der Waals surface area contributed by atoms with Crippen molar-refractivity contribution in [3.05, 3.63) is 65.9 Å². The predicted molar refractivity (Wildman–Crippen MR) is 104 cm³/mol. The highest BCUT2D eigenvalue weighted by Crippen LogP contribution is 2.46. The van der Waals surface area contributed by atoms with Crippen LogP contribution in [0.1, 0.15) is 34.3 Å². The number of hydrogen-bond acceptors (Lipinski definition) is 6. The lowest BCUT2D eigenvalue weighted by atomic mass is 10.1. The molecule has 0 saturated heterocycles. The summed E-state index contributed by atoms with van der Waals surface area (Å²) in [5.41, 5.74) is 3.45. The van der Waals surface area contributed by atoms with Crippen LogP contribution in [0, 0.1) is 24.2 Å². The Kier molecular flexibility index (Phi) is 3.88. The summed E-state index contributed by atoms with van der Waals surface area (Å²) in [6.45, 7) is 1.91. The SMILES string of the molecule is Cc1ccc(-c2noc([C@H]3C[C@@H]3C#N)n2)cc1NC(=O)c1cnc2ccccn12. The van der Waals surface area contributed by atoms with Gasteiger partial charge in [0.05, 0.1) is 24.1 Å². The molecule has 1 aliphatic rings. The van der Waals surface area contributed by atoms with Gasteiger partial charge in [-0.2, -0.15) is 10.2 Å². The minimum Gasteiger partial charge on any atom is -0.339 e. The highest BCUT2D eigenvalue weighted by atomic mass is 16.5. The van der Waals surface area contributed by atoms with Crippen LogP contribution in [0.25, 0.3) is 17.0 Å². The van der Waals surface area contributed by atoms with E-state index in [4.69, 9.17) is 9.78 Å². The summed E-state index contributed by atoms with van der Waals surface area (Å²) in [5, 5.41) is 15.9. The van der Waals surface area contributed by atoms with Crippen molar-refractivity contribution in [1.82, 2.24) is 19.5 Å². The van der Waals surface area contributed by atoms with Crippen LogP contribution in [-0.4, -0.2) is 25.4 Å². The van der Waals surface area contributed by atoms with Gasteiger partial charge in [-0.15, -0.1) is 0 Å². The van der Waals surface area contributed by atoms with Gasteiger partial charge in [-0.3, -0.25) is 9.20 Å². The fraction of sp³-hybridized carbons (Fsp3) is 0.190. The fourth-order valence-corrected chi connectivity index (χ4v) is 3.30. The zero-order chi connectivity index (χ0) is 20.0. The van der Waals surface area contributed by atoms with Crippen LogP contribution < -0.4 is 5.32 Å². The Balaban J connectivity index is 1.41.